The van der Waals surface area contributed by atoms with E-state index >= 15 is 0 Å². The highest BCUT2D eigenvalue weighted by atomic mass is 16.5. The number of amides is 1. The van der Waals surface area contributed by atoms with Crippen molar-refractivity contribution in [2.45, 2.75) is 19.9 Å². The minimum Gasteiger partial charge on any atom is -0.457 e. The number of carbonyl (C=O) groups excluding carboxylic acids is 1. The Balaban J connectivity index is 2.08. The first-order chi connectivity index (χ1) is 11.5. The Hall–Kier alpha value is -3.10. The summed E-state index contributed by atoms with van der Waals surface area (Å²) in [5, 5.41) is 19.0. The number of nitrogens with zero attached hydrogens (tertiary/aromatic N) is 2. The molecule has 0 spiro atoms. The molecule has 2 rings (SSSR count). The number of nitriles is 1. The van der Waals surface area contributed by atoms with Gasteiger partial charge in [0, 0.05) is 6.92 Å². The van der Waals surface area contributed by atoms with Gasteiger partial charge in [0.25, 0.3) is 0 Å². The molecule has 0 aliphatic rings. The van der Waals surface area contributed by atoms with E-state index in [1.165, 1.54) is 6.92 Å². The highest BCUT2D eigenvalue weighted by Gasteiger charge is 2.10. The van der Waals surface area contributed by atoms with Gasteiger partial charge in [-0.25, -0.2) is 5.06 Å². The second-order valence-corrected chi connectivity index (χ2v) is 5.27. The number of ether oxygens (including phenoxy) is 1. The van der Waals surface area contributed by atoms with E-state index in [0.29, 0.717) is 22.1 Å². The van der Waals surface area contributed by atoms with Crippen LogP contribution in [0.5, 0.6) is 11.5 Å². The summed E-state index contributed by atoms with van der Waals surface area (Å²) in [6.45, 7) is 3.02. The minimum atomic E-state index is -0.425. The number of hydroxylamine groups is 2. The van der Waals surface area contributed by atoms with Gasteiger partial charge in [-0.05, 0) is 48.9 Å². The van der Waals surface area contributed by atoms with Gasteiger partial charge < -0.3 is 4.74 Å². The van der Waals surface area contributed by atoms with Crippen molar-refractivity contribution in [3.05, 3.63) is 65.7 Å². The van der Waals surface area contributed by atoms with Crippen LogP contribution in [-0.2, 0) is 4.79 Å². The van der Waals surface area contributed by atoms with Crippen molar-refractivity contribution in [3.63, 3.8) is 0 Å². The molecule has 0 aromatic heterocycles. The minimum absolute atomic E-state index is 0.412. The van der Waals surface area contributed by atoms with E-state index in [1.807, 2.05) is 30.3 Å². The Kier molecular flexibility index (Phi) is 5.72. The molecule has 0 radical (unpaired) electrons. The van der Waals surface area contributed by atoms with Crippen molar-refractivity contribution in [1.29, 1.82) is 5.26 Å². The van der Waals surface area contributed by atoms with E-state index in [2.05, 4.69) is 6.07 Å². The number of carbonyl (C=O) groups is 1. The van der Waals surface area contributed by atoms with Gasteiger partial charge in [-0.15, -0.1) is 0 Å². The quantitative estimate of drug-likeness (QED) is 0.667. The van der Waals surface area contributed by atoms with Gasteiger partial charge >= 0.3 is 0 Å². The predicted octanol–water partition coefficient (Wildman–Crippen LogP) is 3.99. The maximum Gasteiger partial charge on any atom is 0.243 e. The Morgan fingerprint density at radius 2 is 1.96 bits per heavy atom. The molecule has 1 N–H and O–H groups in total. The highest BCUT2D eigenvalue weighted by Crippen LogP contribution is 2.23. The topological polar surface area (TPSA) is 73.6 Å². The van der Waals surface area contributed by atoms with E-state index in [-0.39, 0.29) is 0 Å². The normalized spacial score (nSPS) is 11.8. The summed E-state index contributed by atoms with van der Waals surface area (Å²) >= 11 is 0. The first-order valence-electron chi connectivity index (χ1n) is 7.44. The molecule has 0 saturated carbocycles. The average molecular weight is 322 g/mol. The number of rotatable bonds is 5. The molecule has 0 fully saturated rings. The fourth-order valence-electron chi connectivity index (χ4n) is 2.03. The second kappa shape index (κ2) is 7.95. The van der Waals surface area contributed by atoms with Gasteiger partial charge in [-0.2, -0.15) is 5.26 Å². The summed E-state index contributed by atoms with van der Waals surface area (Å²) in [6, 6.07) is 15.9. The number of hydrogen-bond donors (Lipinski definition) is 1. The third kappa shape index (κ3) is 4.70. The molecule has 5 nitrogen and oxygen atoms in total. The van der Waals surface area contributed by atoms with Crippen molar-refractivity contribution in [2.24, 2.45) is 0 Å². The molecule has 122 valence electrons. The molecular weight excluding hydrogens is 304 g/mol. The summed E-state index contributed by atoms with van der Waals surface area (Å²) in [6.07, 6.45) is 3.53. The van der Waals surface area contributed by atoms with E-state index in [0.717, 1.165) is 5.56 Å². The lowest BCUT2D eigenvalue weighted by molar-refractivity contribution is -0.167. The molecule has 5 heteroatoms. The molecule has 2 aromatic carbocycles. The van der Waals surface area contributed by atoms with Crippen LogP contribution >= 0.6 is 0 Å². The van der Waals surface area contributed by atoms with Crippen LogP contribution in [0.15, 0.2) is 54.6 Å². The molecular formula is C19H18N2O3. The van der Waals surface area contributed by atoms with Crippen LogP contribution in [0.25, 0.3) is 6.08 Å². The van der Waals surface area contributed by atoms with Crippen LogP contribution < -0.4 is 4.74 Å². The molecule has 0 aliphatic carbocycles. The van der Waals surface area contributed by atoms with Crippen LogP contribution in [0.2, 0.25) is 0 Å². The summed E-state index contributed by atoms with van der Waals surface area (Å²) in [5.74, 6) is 0.883. The molecule has 0 aliphatic heterocycles. The zero-order valence-electron chi connectivity index (χ0n) is 13.5. The summed E-state index contributed by atoms with van der Waals surface area (Å²) in [4.78, 5) is 11.1. The summed E-state index contributed by atoms with van der Waals surface area (Å²) < 4.78 is 5.75. The maximum atomic E-state index is 11.1. The van der Waals surface area contributed by atoms with Crippen LogP contribution in [0, 0.1) is 11.3 Å². The SMILES string of the molecule is CC(=O)N(O)C(C)/C=C/c1cccc(Oc2ccc(C#N)cc2)c1. The summed E-state index contributed by atoms with van der Waals surface area (Å²) in [5.41, 5.74) is 1.46. The first kappa shape index (κ1) is 17.3. The van der Waals surface area contributed by atoms with Crippen LogP contribution in [0.4, 0.5) is 0 Å². The fourth-order valence-corrected chi connectivity index (χ4v) is 2.03. The molecule has 0 heterocycles. The molecule has 1 amide bonds. The molecule has 1 unspecified atom stereocenters. The lowest BCUT2D eigenvalue weighted by atomic mass is 10.1. The average Bonchev–Trinajstić information content (AvgIpc) is 2.60. The van der Waals surface area contributed by atoms with E-state index < -0.39 is 11.9 Å². The van der Waals surface area contributed by atoms with Crippen LogP contribution in [-0.4, -0.2) is 22.2 Å². The van der Waals surface area contributed by atoms with Gasteiger partial charge in [-0.1, -0.05) is 24.3 Å². The highest BCUT2D eigenvalue weighted by molar-refractivity contribution is 5.72. The fraction of sp³-hybridized carbons (Fsp3) is 0.158. The molecule has 0 bridgehead atoms. The van der Waals surface area contributed by atoms with Crippen LogP contribution in [0.1, 0.15) is 25.0 Å². The van der Waals surface area contributed by atoms with E-state index in [4.69, 9.17) is 10.00 Å². The molecule has 2 aromatic rings. The number of benzene rings is 2. The van der Waals surface area contributed by atoms with Gasteiger partial charge in [0.15, 0.2) is 0 Å². The van der Waals surface area contributed by atoms with Crippen molar-refractivity contribution < 1.29 is 14.7 Å². The predicted molar refractivity (Wildman–Crippen MR) is 90.5 cm³/mol. The molecule has 0 saturated heterocycles. The Morgan fingerprint density at radius 1 is 1.25 bits per heavy atom. The standard InChI is InChI=1S/C19H18N2O3/c1-14(21(23)15(2)22)6-7-16-4-3-5-19(12-16)24-18-10-8-17(13-20)9-11-18/h3-12,14,23H,1-2H3/b7-6+. The van der Waals surface area contributed by atoms with Crippen LogP contribution in [0.3, 0.4) is 0 Å². The second-order valence-electron chi connectivity index (χ2n) is 5.27. The molecule has 1 atom stereocenters. The van der Waals surface area contributed by atoms with Crippen molar-refractivity contribution in [1.82, 2.24) is 5.06 Å². The monoisotopic (exact) mass is 322 g/mol. The van der Waals surface area contributed by atoms with Crippen molar-refractivity contribution in [2.75, 3.05) is 0 Å². The molecule has 24 heavy (non-hydrogen) atoms. The maximum absolute atomic E-state index is 11.1. The zero-order valence-corrected chi connectivity index (χ0v) is 13.5. The van der Waals surface area contributed by atoms with Gasteiger partial charge in [0.1, 0.15) is 11.5 Å². The smallest absolute Gasteiger partial charge is 0.243 e. The van der Waals surface area contributed by atoms with Crippen molar-refractivity contribution in [3.8, 4) is 17.6 Å². The third-order valence-electron chi connectivity index (χ3n) is 3.35. The first-order valence-corrected chi connectivity index (χ1v) is 7.44. The summed E-state index contributed by atoms with van der Waals surface area (Å²) in [7, 11) is 0. The lowest BCUT2D eigenvalue weighted by Gasteiger charge is -2.17. The van der Waals surface area contributed by atoms with Gasteiger partial charge in [0.2, 0.25) is 5.91 Å². The Morgan fingerprint density at radius 3 is 2.58 bits per heavy atom. The van der Waals surface area contributed by atoms with E-state index in [9.17, 15) is 10.0 Å². The van der Waals surface area contributed by atoms with E-state index in [1.54, 1.807) is 37.3 Å². The van der Waals surface area contributed by atoms with Crippen molar-refractivity contribution >= 4 is 12.0 Å². The van der Waals surface area contributed by atoms with Gasteiger partial charge in [-0.3, -0.25) is 10.0 Å². The van der Waals surface area contributed by atoms with Gasteiger partial charge in [0.05, 0.1) is 17.7 Å². The zero-order chi connectivity index (χ0) is 17.5. The third-order valence-corrected chi connectivity index (χ3v) is 3.35. The largest absolute Gasteiger partial charge is 0.457 e. The number of hydrogen-bond acceptors (Lipinski definition) is 4. The Bertz CT molecular complexity index is 776. The Labute approximate surface area is 141 Å². The lowest BCUT2D eigenvalue weighted by Crippen LogP contribution is -2.32.